The molecule has 1 aliphatic carbocycles. The summed E-state index contributed by atoms with van der Waals surface area (Å²) in [6.45, 7) is 6.59. The number of urea groups is 1. The summed E-state index contributed by atoms with van der Waals surface area (Å²) in [7, 11) is 0. The molecule has 0 radical (unpaired) electrons. The van der Waals surface area contributed by atoms with E-state index in [1.165, 1.54) is 0 Å². The first kappa shape index (κ1) is 18.7. The molecule has 0 aliphatic heterocycles. The van der Waals surface area contributed by atoms with Crippen LogP contribution in [0, 0.1) is 0 Å². The highest BCUT2D eigenvalue weighted by Gasteiger charge is 2.34. The van der Waals surface area contributed by atoms with Crippen LogP contribution >= 0.6 is 0 Å². The minimum Gasteiger partial charge on any atom is -0.480 e. The maximum atomic E-state index is 11.8. The van der Waals surface area contributed by atoms with Crippen molar-refractivity contribution < 1.29 is 19.8 Å². The van der Waals surface area contributed by atoms with Gasteiger partial charge in [0.05, 0.1) is 12.1 Å². The summed E-state index contributed by atoms with van der Waals surface area (Å²) in [4.78, 5) is 24.4. The number of aliphatic carboxylic acids is 1. The number of aliphatic hydroxyl groups is 1. The maximum absolute atomic E-state index is 11.8. The predicted molar refractivity (Wildman–Crippen MR) is 83.8 cm³/mol. The van der Waals surface area contributed by atoms with E-state index < -0.39 is 11.6 Å². The molecule has 1 unspecified atom stereocenters. The van der Waals surface area contributed by atoms with E-state index in [-0.39, 0.29) is 31.2 Å². The highest BCUT2D eigenvalue weighted by atomic mass is 16.4. The standard InChI is InChI=1S/C15H29N3O4/c1-4-6-15(3,22)10-16-14(21)17-11-7-12(8-11)18(5-2)9-13(19)20/h11-12,22H,4-10H2,1-3H3,(H,19,20)(H2,16,17,21). The highest BCUT2D eigenvalue weighted by molar-refractivity contribution is 5.74. The number of nitrogens with zero attached hydrogens (tertiary/aromatic N) is 1. The number of carbonyl (C=O) groups is 2. The maximum Gasteiger partial charge on any atom is 0.317 e. The second-order valence-electron chi connectivity index (χ2n) is 6.35. The second-order valence-corrected chi connectivity index (χ2v) is 6.35. The quantitative estimate of drug-likeness (QED) is 0.503. The third-order valence-electron chi connectivity index (χ3n) is 4.13. The molecule has 7 heteroatoms. The van der Waals surface area contributed by atoms with Crippen LogP contribution in [-0.4, -0.2) is 64.4 Å². The number of hydrogen-bond donors (Lipinski definition) is 4. The van der Waals surface area contributed by atoms with Crippen molar-refractivity contribution in [1.82, 2.24) is 15.5 Å². The minimum atomic E-state index is -0.880. The normalized spacial score (nSPS) is 23.5. The van der Waals surface area contributed by atoms with Gasteiger partial charge in [-0.2, -0.15) is 0 Å². The van der Waals surface area contributed by atoms with Crippen LogP contribution in [0.4, 0.5) is 4.79 Å². The smallest absolute Gasteiger partial charge is 0.317 e. The van der Waals surface area contributed by atoms with Crippen LogP contribution in [0.15, 0.2) is 0 Å². The first-order valence-electron chi connectivity index (χ1n) is 8.00. The van der Waals surface area contributed by atoms with E-state index in [9.17, 15) is 14.7 Å². The lowest BCUT2D eigenvalue weighted by atomic mass is 9.85. The van der Waals surface area contributed by atoms with Gasteiger partial charge < -0.3 is 20.8 Å². The molecule has 0 aromatic rings. The molecule has 22 heavy (non-hydrogen) atoms. The molecule has 0 aromatic heterocycles. The molecule has 0 bridgehead atoms. The number of hydrogen-bond acceptors (Lipinski definition) is 4. The Balaban J connectivity index is 2.25. The Morgan fingerprint density at radius 1 is 1.32 bits per heavy atom. The Bertz CT molecular complexity index is 381. The van der Waals surface area contributed by atoms with Gasteiger partial charge in [0.25, 0.3) is 0 Å². The molecule has 1 atom stereocenters. The summed E-state index contributed by atoms with van der Waals surface area (Å²) in [5, 5.41) is 24.4. The molecule has 0 saturated heterocycles. The Labute approximate surface area is 132 Å². The van der Waals surface area contributed by atoms with E-state index >= 15 is 0 Å². The van der Waals surface area contributed by atoms with Gasteiger partial charge in [0.1, 0.15) is 0 Å². The van der Waals surface area contributed by atoms with Crippen LogP contribution in [0.2, 0.25) is 0 Å². The summed E-state index contributed by atoms with van der Waals surface area (Å²) in [6.07, 6.45) is 3.02. The third kappa shape index (κ3) is 6.19. The molecule has 4 N–H and O–H groups in total. The molecule has 128 valence electrons. The van der Waals surface area contributed by atoms with Gasteiger partial charge in [0.2, 0.25) is 0 Å². The van der Waals surface area contributed by atoms with Crippen LogP contribution in [0.25, 0.3) is 0 Å². The molecule has 1 rings (SSSR count). The zero-order valence-electron chi connectivity index (χ0n) is 13.8. The minimum absolute atomic E-state index is 0.0416. The number of rotatable bonds is 9. The molecule has 2 amide bonds. The summed E-state index contributed by atoms with van der Waals surface area (Å²) in [5.74, 6) is -0.825. The summed E-state index contributed by atoms with van der Waals surface area (Å²) in [6, 6.07) is 0.0136. The fourth-order valence-electron chi connectivity index (χ4n) is 2.81. The van der Waals surface area contributed by atoms with Crippen molar-refractivity contribution >= 4 is 12.0 Å². The van der Waals surface area contributed by atoms with Gasteiger partial charge in [-0.3, -0.25) is 9.69 Å². The van der Waals surface area contributed by atoms with Crippen LogP contribution in [0.5, 0.6) is 0 Å². The lowest BCUT2D eigenvalue weighted by Crippen LogP contribution is -2.57. The van der Waals surface area contributed by atoms with E-state index in [1.54, 1.807) is 6.92 Å². The van der Waals surface area contributed by atoms with Crippen LogP contribution < -0.4 is 10.6 Å². The van der Waals surface area contributed by atoms with Crippen LogP contribution in [0.1, 0.15) is 46.5 Å². The lowest BCUT2D eigenvalue weighted by Gasteiger charge is -2.42. The van der Waals surface area contributed by atoms with E-state index in [2.05, 4.69) is 10.6 Å². The Hall–Kier alpha value is -1.34. The van der Waals surface area contributed by atoms with Crippen molar-refractivity contribution in [3.63, 3.8) is 0 Å². The number of likely N-dealkylation sites (N-methyl/N-ethyl adjacent to an activating group) is 1. The van der Waals surface area contributed by atoms with Crippen molar-refractivity contribution in [3.05, 3.63) is 0 Å². The highest BCUT2D eigenvalue weighted by Crippen LogP contribution is 2.25. The number of nitrogens with one attached hydrogen (secondary N) is 2. The third-order valence-corrected chi connectivity index (χ3v) is 4.13. The van der Waals surface area contributed by atoms with Crippen molar-refractivity contribution in [2.75, 3.05) is 19.6 Å². The van der Waals surface area contributed by atoms with Crippen molar-refractivity contribution in [2.45, 2.75) is 64.1 Å². The second kappa shape index (κ2) is 8.33. The van der Waals surface area contributed by atoms with Gasteiger partial charge in [0, 0.05) is 18.6 Å². The summed E-state index contributed by atoms with van der Waals surface area (Å²) < 4.78 is 0. The average molecular weight is 315 g/mol. The number of carboxylic acid groups (broad SMARTS) is 1. The van der Waals surface area contributed by atoms with Gasteiger partial charge >= 0.3 is 12.0 Å². The topological polar surface area (TPSA) is 102 Å². The average Bonchev–Trinajstić information content (AvgIpc) is 2.37. The zero-order valence-corrected chi connectivity index (χ0v) is 13.8. The zero-order chi connectivity index (χ0) is 16.8. The number of amides is 2. The van der Waals surface area contributed by atoms with Crippen molar-refractivity contribution in [2.24, 2.45) is 0 Å². The molecule has 1 fully saturated rings. The molecule has 0 aromatic carbocycles. The summed E-state index contributed by atoms with van der Waals surface area (Å²) in [5.41, 5.74) is -0.880. The fraction of sp³-hybridized carbons (Fsp3) is 0.867. The van der Waals surface area contributed by atoms with Crippen molar-refractivity contribution in [3.8, 4) is 0 Å². The molecule has 1 aliphatic rings. The van der Waals surface area contributed by atoms with Crippen LogP contribution in [-0.2, 0) is 4.79 Å². The van der Waals surface area contributed by atoms with Gasteiger partial charge in [-0.05, 0) is 32.7 Å². The van der Waals surface area contributed by atoms with Crippen molar-refractivity contribution in [1.29, 1.82) is 0 Å². The number of carboxylic acids is 1. The first-order valence-corrected chi connectivity index (χ1v) is 8.00. The van der Waals surface area contributed by atoms with Gasteiger partial charge in [-0.15, -0.1) is 0 Å². The van der Waals surface area contributed by atoms with E-state index in [4.69, 9.17) is 5.11 Å². The molecule has 0 spiro atoms. The van der Waals surface area contributed by atoms with Gasteiger partial charge in [0.15, 0.2) is 0 Å². The SMILES string of the molecule is CCCC(C)(O)CNC(=O)NC1CC(N(CC)CC(=O)O)C1. The Morgan fingerprint density at radius 2 is 1.95 bits per heavy atom. The first-order chi connectivity index (χ1) is 10.3. The largest absolute Gasteiger partial charge is 0.480 e. The van der Waals surface area contributed by atoms with E-state index in [0.29, 0.717) is 13.0 Å². The van der Waals surface area contributed by atoms with E-state index in [1.807, 2.05) is 18.7 Å². The molecular weight excluding hydrogens is 286 g/mol. The van der Waals surface area contributed by atoms with E-state index in [0.717, 1.165) is 19.3 Å². The van der Waals surface area contributed by atoms with Crippen LogP contribution in [0.3, 0.4) is 0 Å². The molecule has 7 nitrogen and oxygen atoms in total. The molecule has 0 heterocycles. The lowest BCUT2D eigenvalue weighted by molar-refractivity contribution is -0.139. The molecular formula is C15H29N3O4. The Kier molecular flexibility index (Phi) is 7.09. The predicted octanol–water partition coefficient (Wildman–Crippen LogP) is 0.774. The monoisotopic (exact) mass is 315 g/mol. The van der Waals surface area contributed by atoms with Gasteiger partial charge in [-0.25, -0.2) is 4.79 Å². The summed E-state index contributed by atoms with van der Waals surface area (Å²) >= 11 is 0. The number of carbonyl (C=O) groups excluding carboxylic acids is 1. The van der Waals surface area contributed by atoms with Gasteiger partial charge in [-0.1, -0.05) is 20.3 Å². The molecule has 1 saturated carbocycles. The Morgan fingerprint density at radius 3 is 2.45 bits per heavy atom. The fourth-order valence-corrected chi connectivity index (χ4v) is 2.81.